The number of methoxy groups -OCH3 is 1. The number of phenolic OH excluding ortho intramolecular Hbond substituents is 1. The lowest BCUT2D eigenvalue weighted by atomic mass is 10.2. The molecule has 0 bridgehead atoms. The van der Waals surface area contributed by atoms with Gasteiger partial charge in [-0.2, -0.15) is 5.10 Å². The summed E-state index contributed by atoms with van der Waals surface area (Å²) in [7, 11) is 1.43. The smallest absolute Gasteiger partial charge is 0.281 e. The molecule has 27 heavy (non-hydrogen) atoms. The van der Waals surface area contributed by atoms with Crippen LogP contribution in [0.1, 0.15) is 15.2 Å². The molecule has 0 saturated carbocycles. The number of non-ortho nitro benzene ring substituents is 1. The minimum Gasteiger partial charge on any atom is -0.504 e. The molecule has 0 saturated heterocycles. The van der Waals surface area contributed by atoms with Gasteiger partial charge in [0, 0.05) is 32.3 Å². The van der Waals surface area contributed by atoms with Gasteiger partial charge in [0.05, 0.1) is 23.1 Å². The zero-order chi connectivity index (χ0) is 19.6. The Morgan fingerprint density at radius 3 is 2.85 bits per heavy atom. The quantitative estimate of drug-likeness (QED) is 0.346. The summed E-state index contributed by atoms with van der Waals surface area (Å²) in [5.41, 5.74) is 2.69. The predicted molar refractivity (Wildman–Crippen MR) is 106 cm³/mol. The fourth-order valence-corrected chi connectivity index (χ4v) is 3.71. The van der Waals surface area contributed by atoms with Gasteiger partial charge >= 0.3 is 0 Å². The molecular formula is C17H12BrN3O5S. The van der Waals surface area contributed by atoms with Crippen LogP contribution < -0.4 is 10.2 Å². The number of nitro benzene ring substituents is 1. The topological polar surface area (TPSA) is 114 Å². The SMILES string of the molecule is COc1cc(Br)cc(C=NNC(=O)c2cc3cc([N+](=O)[O-])ccc3s2)c1O. The van der Waals surface area contributed by atoms with E-state index >= 15 is 0 Å². The van der Waals surface area contributed by atoms with Crippen LogP contribution in [0.2, 0.25) is 0 Å². The minimum atomic E-state index is -0.486. The van der Waals surface area contributed by atoms with Gasteiger partial charge in [-0.15, -0.1) is 11.3 Å². The van der Waals surface area contributed by atoms with Crippen molar-refractivity contribution < 1.29 is 19.6 Å². The molecule has 0 unspecified atom stereocenters. The summed E-state index contributed by atoms with van der Waals surface area (Å²) >= 11 is 4.49. The van der Waals surface area contributed by atoms with E-state index in [1.54, 1.807) is 24.3 Å². The highest BCUT2D eigenvalue weighted by atomic mass is 79.9. The molecule has 0 atom stereocenters. The zero-order valence-corrected chi connectivity index (χ0v) is 16.2. The minimum absolute atomic E-state index is 0.0376. The lowest BCUT2D eigenvalue weighted by Crippen LogP contribution is -2.16. The van der Waals surface area contributed by atoms with Crippen molar-refractivity contribution in [3.8, 4) is 11.5 Å². The van der Waals surface area contributed by atoms with Crippen LogP contribution in [0.4, 0.5) is 5.69 Å². The molecule has 2 N–H and O–H groups in total. The fraction of sp³-hybridized carbons (Fsp3) is 0.0588. The van der Waals surface area contributed by atoms with Crippen LogP contribution in [0.5, 0.6) is 11.5 Å². The number of carbonyl (C=O) groups is 1. The second kappa shape index (κ2) is 7.72. The van der Waals surface area contributed by atoms with E-state index in [9.17, 15) is 20.0 Å². The molecule has 0 spiro atoms. The Morgan fingerprint density at radius 1 is 1.37 bits per heavy atom. The number of amides is 1. The fourth-order valence-electron chi connectivity index (χ4n) is 2.32. The van der Waals surface area contributed by atoms with E-state index in [1.807, 2.05) is 0 Å². The molecule has 1 heterocycles. The number of thiophene rings is 1. The number of nitrogens with one attached hydrogen (secondary N) is 1. The molecule has 10 heteroatoms. The first kappa shape index (κ1) is 18.8. The predicted octanol–water partition coefficient (Wildman–Crippen LogP) is 4.05. The normalized spacial score (nSPS) is 11.0. The Balaban J connectivity index is 1.78. The number of carbonyl (C=O) groups excluding carboxylic acids is 1. The van der Waals surface area contributed by atoms with Crippen LogP contribution in [-0.4, -0.2) is 29.3 Å². The number of nitro groups is 1. The Labute approximate surface area is 165 Å². The number of hydrazone groups is 1. The van der Waals surface area contributed by atoms with Crippen LogP contribution in [-0.2, 0) is 0 Å². The van der Waals surface area contributed by atoms with E-state index in [2.05, 4.69) is 26.5 Å². The zero-order valence-electron chi connectivity index (χ0n) is 13.8. The first-order chi connectivity index (χ1) is 12.9. The van der Waals surface area contributed by atoms with Crippen LogP contribution in [0, 0.1) is 10.1 Å². The Morgan fingerprint density at radius 2 is 2.15 bits per heavy atom. The Hall–Kier alpha value is -2.98. The van der Waals surface area contributed by atoms with Crippen molar-refractivity contribution in [3.05, 3.63) is 61.4 Å². The largest absolute Gasteiger partial charge is 0.504 e. The molecule has 0 aliphatic heterocycles. The van der Waals surface area contributed by atoms with Gasteiger partial charge in [-0.3, -0.25) is 14.9 Å². The highest BCUT2D eigenvalue weighted by Gasteiger charge is 2.13. The third-order valence-electron chi connectivity index (χ3n) is 3.59. The maximum Gasteiger partial charge on any atom is 0.281 e. The van der Waals surface area contributed by atoms with E-state index in [1.165, 1.54) is 36.8 Å². The number of nitrogens with zero attached hydrogens (tertiary/aromatic N) is 2. The lowest BCUT2D eigenvalue weighted by Gasteiger charge is -2.06. The standard InChI is InChI=1S/C17H12BrN3O5S/c1-26-13-7-11(18)4-10(16(13)22)8-19-20-17(23)15-6-9-5-12(21(24)25)2-3-14(9)27-15/h2-8,22H,1H3,(H,20,23). The molecule has 1 aromatic heterocycles. The first-order valence-corrected chi connectivity index (χ1v) is 9.08. The summed E-state index contributed by atoms with van der Waals surface area (Å²) in [5.74, 6) is -0.298. The summed E-state index contributed by atoms with van der Waals surface area (Å²) in [6.07, 6.45) is 1.29. The van der Waals surface area contributed by atoms with Crippen LogP contribution in [0.3, 0.4) is 0 Å². The second-order valence-corrected chi connectivity index (χ2v) is 7.33. The summed E-state index contributed by atoms with van der Waals surface area (Å²) in [5, 5.41) is 25.4. The number of ether oxygens (including phenoxy) is 1. The summed E-state index contributed by atoms with van der Waals surface area (Å²) < 4.78 is 6.48. The number of fused-ring (bicyclic) bond motifs is 1. The average Bonchev–Trinajstić information content (AvgIpc) is 3.07. The van der Waals surface area contributed by atoms with Gasteiger partial charge in [-0.25, -0.2) is 5.43 Å². The molecule has 0 radical (unpaired) electrons. The van der Waals surface area contributed by atoms with E-state index in [0.717, 1.165) is 4.70 Å². The maximum absolute atomic E-state index is 12.3. The number of hydrogen-bond acceptors (Lipinski definition) is 7. The highest BCUT2D eigenvalue weighted by molar-refractivity contribution is 9.10. The van der Waals surface area contributed by atoms with Crippen molar-refractivity contribution in [2.75, 3.05) is 7.11 Å². The highest BCUT2D eigenvalue weighted by Crippen LogP contribution is 2.32. The Bertz CT molecular complexity index is 1080. The summed E-state index contributed by atoms with van der Waals surface area (Å²) in [6, 6.07) is 9.19. The van der Waals surface area contributed by atoms with Gasteiger partial charge in [-0.05, 0) is 24.3 Å². The number of benzene rings is 2. The molecule has 138 valence electrons. The number of halogens is 1. The molecule has 3 rings (SSSR count). The number of phenols is 1. The van der Waals surface area contributed by atoms with Crippen LogP contribution in [0.15, 0.2) is 46.0 Å². The van der Waals surface area contributed by atoms with Crippen molar-refractivity contribution in [1.29, 1.82) is 0 Å². The van der Waals surface area contributed by atoms with Gasteiger partial charge in [0.1, 0.15) is 0 Å². The molecule has 3 aromatic rings. The number of hydrogen-bond donors (Lipinski definition) is 2. The van der Waals surface area contributed by atoms with Gasteiger partial charge in [0.2, 0.25) is 0 Å². The van der Waals surface area contributed by atoms with Crippen LogP contribution in [0.25, 0.3) is 10.1 Å². The number of aromatic hydroxyl groups is 1. The molecule has 1 amide bonds. The second-order valence-electron chi connectivity index (χ2n) is 5.33. The van der Waals surface area contributed by atoms with Crippen molar-refractivity contribution in [1.82, 2.24) is 5.43 Å². The summed E-state index contributed by atoms with van der Waals surface area (Å²) in [6.45, 7) is 0. The lowest BCUT2D eigenvalue weighted by molar-refractivity contribution is -0.384. The average molecular weight is 450 g/mol. The van der Waals surface area contributed by atoms with Crippen molar-refractivity contribution >= 4 is 55.2 Å². The molecule has 8 nitrogen and oxygen atoms in total. The van der Waals surface area contributed by atoms with E-state index < -0.39 is 10.8 Å². The molecule has 0 aliphatic carbocycles. The van der Waals surface area contributed by atoms with E-state index in [-0.39, 0.29) is 17.2 Å². The maximum atomic E-state index is 12.3. The van der Waals surface area contributed by atoms with Gasteiger partial charge < -0.3 is 9.84 Å². The Kier molecular flexibility index (Phi) is 5.38. The number of rotatable bonds is 5. The van der Waals surface area contributed by atoms with E-state index in [4.69, 9.17) is 4.74 Å². The van der Waals surface area contributed by atoms with Gasteiger partial charge in [0.15, 0.2) is 11.5 Å². The van der Waals surface area contributed by atoms with Crippen molar-refractivity contribution in [2.24, 2.45) is 5.10 Å². The molecular weight excluding hydrogens is 438 g/mol. The monoisotopic (exact) mass is 449 g/mol. The van der Waals surface area contributed by atoms with Crippen molar-refractivity contribution in [2.45, 2.75) is 0 Å². The van der Waals surface area contributed by atoms with Crippen molar-refractivity contribution in [3.63, 3.8) is 0 Å². The van der Waals surface area contributed by atoms with Gasteiger partial charge in [-0.1, -0.05) is 15.9 Å². The molecule has 0 aliphatic rings. The first-order valence-electron chi connectivity index (χ1n) is 7.47. The van der Waals surface area contributed by atoms with Crippen LogP contribution >= 0.6 is 27.3 Å². The molecule has 0 fully saturated rings. The summed E-state index contributed by atoms with van der Waals surface area (Å²) in [4.78, 5) is 23.0. The molecule has 2 aromatic carbocycles. The van der Waals surface area contributed by atoms with E-state index in [0.29, 0.717) is 20.3 Å². The third-order valence-corrected chi connectivity index (χ3v) is 5.17. The third kappa shape index (κ3) is 4.07. The van der Waals surface area contributed by atoms with Gasteiger partial charge in [0.25, 0.3) is 11.6 Å².